The molecule has 0 N–H and O–H groups in total. The van der Waals surface area contributed by atoms with Crippen molar-refractivity contribution in [2.75, 3.05) is 31.1 Å². The molecule has 0 atom stereocenters. The van der Waals surface area contributed by atoms with Gasteiger partial charge in [-0.05, 0) is 42.8 Å². The Kier molecular flexibility index (Phi) is 4.42. The summed E-state index contributed by atoms with van der Waals surface area (Å²) in [5, 5.41) is 0.840. The van der Waals surface area contributed by atoms with Gasteiger partial charge in [-0.15, -0.1) is 0 Å². The number of nitrogens with zero attached hydrogens (tertiary/aromatic N) is 3. The summed E-state index contributed by atoms with van der Waals surface area (Å²) in [7, 11) is 0. The van der Waals surface area contributed by atoms with Crippen LogP contribution in [-0.4, -0.2) is 36.1 Å². The van der Waals surface area contributed by atoms with E-state index in [-0.39, 0.29) is 0 Å². The molecule has 0 spiro atoms. The largest absolute Gasteiger partial charge is 0.369 e. The summed E-state index contributed by atoms with van der Waals surface area (Å²) in [6.07, 6.45) is 1.86. The maximum Gasteiger partial charge on any atom is 0.0543 e. The molecule has 110 valence electrons. The number of piperazine rings is 1. The third-order valence-electron chi connectivity index (χ3n) is 3.99. The first-order chi connectivity index (χ1) is 10.2. The molecule has 1 saturated heterocycles. The van der Waals surface area contributed by atoms with Gasteiger partial charge in [0.1, 0.15) is 0 Å². The molecule has 1 aliphatic heterocycles. The third kappa shape index (κ3) is 3.55. The standard InChI is InChI=1S/C17H20ClN3/c1-14-12-16(5-6-17(14)18)21-10-8-20(9-11-21)13-15-4-2-3-7-19-15/h2-7,12H,8-11,13H2,1H3. The minimum atomic E-state index is 0.840. The highest BCUT2D eigenvalue weighted by molar-refractivity contribution is 6.31. The lowest BCUT2D eigenvalue weighted by Gasteiger charge is -2.36. The molecule has 4 heteroatoms. The number of benzene rings is 1. The molecule has 0 saturated carbocycles. The van der Waals surface area contributed by atoms with Crippen LogP contribution in [0.5, 0.6) is 0 Å². The zero-order valence-corrected chi connectivity index (χ0v) is 13.1. The van der Waals surface area contributed by atoms with Crippen LogP contribution in [0, 0.1) is 6.92 Å². The van der Waals surface area contributed by atoms with Crippen molar-refractivity contribution in [2.45, 2.75) is 13.5 Å². The van der Waals surface area contributed by atoms with Gasteiger partial charge >= 0.3 is 0 Å². The first kappa shape index (κ1) is 14.4. The molecule has 21 heavy (non-hydrogen) atoms. The minimum absolute atomic E-state index is 0.840. The average molecular weight is 302 g/mol. The van der Waals surface area contributed by atoms with Gasteiger partial charge in [-0.1, -0.05) is 17.7 Å². The Morgan fingerprint density at radius 1 is 1.10 bits per heavy atom. The number of aromatic nitrogens is 1. The number of hydrogen-bond donors (Lipinski definition) is 0. The van der Waals surface area contributed by atoms with Gasteiger partial charge in [0.15, 0.2) is 0 Å². The normalized spacial score (nSPS) is 16.2. The number of halogens is 1. The Labute approximate surface area is 131 Å². The van der Waals surface area contributed by atoms with E-state index < -0.39 is 0 Å². The van der Waals surface area contributed by atoms with Crippen molar-refractivity contribution in [2.24, 2.45) is 0 Å². The van der Waals surface area contributed by atoms with Gasteiger partial charge in [-0.25, -0.2) is 0 Å². The molecule has 0 unspecified atom stereocenters. The Hall–Kier alpha value is -1.58. The van der Waals surface area contributed by atoms with Crippen LogP contribution in [0.25, 0.3) is 0 Å². The van der Waals surface area contributed by atoms with Crippen LogP contribution in [0.1, 0.15) is 11.3 Å². The molecule has 2 aromatic rings. The van der Waals surface area contributed by atoms with Crippen molar-refractivity contribution in [3.63, 3.8) is 0 Å². The molecule has 3 rings (SSSR count). The van der Waals surface area contributed by atoms with Crippen LogP contribution in [0.4, 0.5) is 5.69 Å². The van der Waals surface area contributed by atoms with Crippen LogP contribution in [0.3, 0.4) is 0 Å². The first-order valence-corrected chi connectivity index (χ1v) is 7.73. The molecule has 3 nitrogen and oxygen atoms in total. The van der Waals surface area contributed by atoms with E-state index in [0.29, 0.717) is 0 Å². The number of aryl methyl sites for hydroxylation is 1. The lowest BCUT2D eigenvalue weighted by atomic mass is 10.2. The second kappa shape index (κ2) is 6.46. The topological polar surface area (TPSA) is 19.4 Å². The van der Waals surface area contributed by atoms with Gasteiger partial charge in [0.25, 0.3) is 0 Å². The molecule has 1 aromatic carbocycles. The fourth-order valence-electron chi connectivity index (χ4n) is 2.71. The Morgan fingerprint density at radius 2 is 1.90 bits per heavy atom. The molecular formula is C17H20ClN3. The summed E-state index contributed by atoms with van der Waals surface area (Å²) >= 11 is 6.10. The van der Waals surface area contributed by atoms with Gasteiger partial charge in [-0.2, -0.15) is 0 Å². The van der Waals surface area contributed by atoms with E-state index in [0.717, 1.165) is 49.0 Å². The first-order valence-electron chi connectivity index (χ1n) is 7.36. The van der Waals surface area contributed by atoms with Gasteiger partial charge in [0.05, 0.1) is 5.69 Å². The summed E-state index contributed by atoms with van der Waals surface area (Å²) in [4.78, 5) is 9.29. The molecule has 1 aromatic heterocycles. The van der Waals surface area contributed by atoms with E-state index >= 15 is 0 Å². The zero-order valence-electron chi connectivity index (χ0n) is 12.3. The highest BCUT2D eigenvalue weighted by Gasteiger charge is 2.17. The van der Waals surface area contributed by atoms with E-state index in [9.17, 15) is 0 Å². The smallest absolute Gasteiger partial charge is 0.0543 e. The SMILES string of the molecule is Cc1cc(N2CCN(Cc3ccccn3)CC2)ccc1Cl. The quantitative estimate of drug-likeness (QED) is 0.866. The lowest BCUT2D eigenvalue weighted by Crippen LogP contribution is -2.46. The van der Waals surface area contributed by atoms with Crippen LogP contribution in [-0.2, 0) is 6.54 Å². The molecule has 0 amide bonds. The minimum Gasteiger partial charge on any atom is -0.369 e. The molecule has 0 aliphatic carbocycles. The number of pyridine rings is 1. The summed E-state index contributed by atoms with van der Waals surface area (Å²) in [5.74, 6) is 0. The van der Waals surface area contributed by atoms with Crippen LogP contribution in [0.2, 0.25) is 5.02 Å². The Balaban J connectivity index is 1.58. The monoisotopic (exact) mass is 301 g/mol. The Morgan fingerprint density at radius 3 is 2.57 bits per heavy atom. The van der Waals surface area contributed by atoms with Gasteiger partial charge < -0.3 is 4.90 Å². The zero-order chi connectivity index (χ0) is 14.7. The highest BCUT2D eigenvalue weighted by Crippen LogP contribution is 2.23. The summed E-state index contributed by atoms with van der Waals surface area (Å²) in [5.41, 5.74) is 3.56. The molecule has 2 heterocycles. The van der Waals surface area contributed by atoms with Crippen LogP contribution in [0.15, 0.2) is 42.6 Å². The Bertz CT molecular complexity index is 592. The summed E-state index contributed by atoms with van der Waals surface area (Å²) in [6.45, 7) is 7.23. The predicted octanol–water partition coefficient (Wildman–Crippen LogP) is 3.37. The fourth-order valence-corrected chi connectivity index (χ4v) is 2.83. The molecular weight excluding hydrogens is 282 g/mol. The van der Waals surface area contributed by atoms with E-state index in [2.05, 4.69) is 46.0 Å². The third-order valence-corrected chi connectivity index (χ3v) is 4.41. The van der Waals surface area contributed by atoms with Crippen LogP contribution >= 0.6 is 11.6 Å². The van der Waals surface area contributed by atoms with Crippen molar-refractivity contribution in [3.8, 4) is 0 Å². The molecule has 0 bridgehead atoms. The van der Waals surface area contributed by atoms with Crippen molar-refractivity contribution in [1.82, 2.24) is 9.88 Å². The van der Waals surface area contributed by atoms with Crippen molar-refractivity contribution in [1.29, 1.82) is 0 Å². The summed E-state index contributed by atoms with van der Waals surface area (Å²) in [6, 6.07) is 12.4. The molecule has 0 radical (unpaired) electrons. The van der Waals surface area contributed by atoms with E-state index in [1.165, 1.54) is 5.69 Å². The maximum absolute atomic E-state index is 6.10. The average Bonchev–Trinajstić information content (AvgIpc) is 2.52. The highest BCUT2D eigenvalue weighted by atomic mass is 35.5. The molecule has 1 aliphatic rings. The van der Waals surface area contributed by atoms with Gasteiger partial charge in [-0.3, -0.25) is 9.88 Å². The van der Waals surface area contributed by atoms with Crippen molar-refractivity contribution >= 4 is 17.3 Å². The van der Waals surface area contributed by atoms with Gasteiger partial charge in [0, 0.05) is 49.6 Å². The van der Waals surface area contributed by atoms with Crippen molar-refractivity contribution in [3.05, 3.63) is 58.9 Å². The van der Waals surface area contributed by atoms with E-state index in [1.807, 2.05) is 18.3 Å². The summed E-state index contributed by atoms with van der Waals surface area (Å²) < 4.78 is 0. The fraction of sp³-hybridized carbons (Fsp3) is 0.353. The maximum atomic E-state index is 6.10. The lowest BCUT2D eigenvalue weighted by molar-refractivity contribution is 0.247. The predicted molar refractivity (Wildman–Crippen MR) is 87.9 cm³/mol. The van der Waals surface area contributed by atoms with Crippen LogP contribution < -0.4 is 4.90 Å². The number of rotatable bonds is 3. The molecule has 1 fully saturated rings. The van der Waals surface area contributed by atoms with E-state index in [4.69, 9.17) is 11.6 Å². The number of anilines is 1. The second-order valence-corrected chi connectivity index (χ2v) is 5.92. The second-order valence-electron chi connectivity index (χ2n) is 5.52. The van der Waals surface area contributed by atoms with E-state index in [1.54, 1.807) is 0 Å². The number of hydrogen-bond acceptors (Lipinski definition) is 3. The van der Waals surface area contributed by atoms with Crippen molar-refractivity contribution < 1.29 is 0 Å². The van der Waals surface area contributed by atoms with Gasteiger partial charge in [0.2, 0.25) is 0 Å².